The minimum atomic E-state index is -0.0315. The van der Waals surface area contributed by atoms with Gasteiger partial charge in [0.1, 0.15) is 24.3 Å². The van der Waals surface area contributed by atoms with E-state index in [9.17, 15) is 4.79 Å². The van der Waals surface area contributed by atoms with Gasteiger partial charge in [-0.2, -0.15) is 0 Å². The van der Waals surface area contributed by atoms with Gasteiger partial charge in [0.25, 0.3) is 5.91 Å². The highest BCUT2D eigenvalue weighted by molar-refractivity contribution is 6.09. The molecule has 3 heterocycles. The monoisotopic (exact) mass is 486 g/mol. The van der Waals surface area contributed by atoms with E-state index in [0.717, 1.165) is 44.8 Å². The number of H-pyrrole nitrogens is 1. The largest absolute Gasteiger partial charge is 0.491 e. The fourth-order valence-corrected chi connectivity index (χ4v) is 5.33. The lowest BCUT2D eigenvalue weighted by Gasteiger charge is -2.23. The maximum atomic E-state index is 13.7. The quantitative estimate of drug-likeness (QED) is 0.314. The Morgan fingerprint density at radius 2 is 1.81 bits per heavy atom. The molecule has 0 bridgehead atoms. The molecule has 1 amide bonds. The van der Waals surface area contributed by atoms with E-state index in [1.165, 1.54) is 18.4 Å². The number of nitrogens with zero attached hydrogens (tertiary/aromatic N) is 3. The number of rotatable bonds is 4. The summed E-state index contributed by atoms with van der Waals surface area (Å²) in [7, 11) is 0. The van der Waals surface area contributed by atoms with Gasteiger partial charge in [-0.15, -0.1) is 0 Å². The number of benzene rings is 3. The summed E-state index contributed by atoms with van der Waals surface area (Å²) in [5.74, 6) is 1.28. The molecule has 182 valence electrons. The van der Waals surface area contributed by atoms with Crippen LogP contribution in [-0.4, -0.2) is 34.0 Å². The Labute approximate surface area is 215 Å². The third kappa shape index (κ3) is 3.76. The zero-order valence-corrected chi connectivity index (χ0v) is 20.6. The second-order valence-corrected chi connectivity index (χ2v) is 9.82. The fraction of sp³-hybridized carbons (Fsp3) is 0.194. The second kappa shape index (κ2) is 8.59. The van der Waals surface area contributed by atoms with Crippen LogP contribution in [0, 0.1) is 6.92 Å². The average molecular weight is 487 g/mol. The van der Waals surface area contributed by atoms with Crippen molar-refractivity contribution in [3.63, 3.8) is 0 Å². The highest BCUT2D eigenvalue weighted by atomic mass is 16.5. The van der Waals surface area contributed by atoms with E-state index >= 15 is 0 Å². The summed E-state index contributed by atoms with van der Waals surface area (Å²) in [6.45, 7) is 2.99. The summed E-state index contributed by atoms with van der Waals surface area (Å²) in [6, 6.07) is 24.4. The maximum Gasteiger partial charge on any atom is 0.262 e. The third-order valence-corrected chi connectivity index (χ3v) is 7.46. The molecular weight excluding hydrogens is 460 g/mol. The first kappa shape index (κ1) is 21.8. The Kier molecular flexibility index (Phi) is 5.06. The molecule has 0 radical (unpaired) electrons. The van der Waals surface area contributed by atoms with Crippen LogP contribution in [0.2, 0.25) is 0 Å². The molecule has 3 aromatic carbocycles. The Hall–Kier alpha value is -4.45. The van der Waals surface area contributed by atoms with E-state index in [0.29, 0.717) is 30.4 Å². The zero-order valence-electron chi connectivity index (χ0n) is 20.6. The van der Waals surface area contributed by atoms with E-state index in [-0.39, 0.29) is 5.91 Å². The van der Waals surface area contributed by atoms with Crippen LogP contribution in [0.15, 0.2) is 79.1 Å². The van der Waals surface area contributed by atoms with Gasteiger partial charge in [-0.05, 0) is 66.6 Å². The van der Waals surface area contributed by atoms with Gasteiger partial charge in [0.15, 0.2) is 0 Å². The van der Waals surface area contributed by atoms with E-state index in [4.69, 9.17) is 4.74 Å². The first-order valence-corrected chi connectivity index (χ1v) is 12.7. The molecule has 1 aliphatic carbocycles. The van der Waals surface area contributed by atoms with E-state index in [2.05, 4.69) is 58.3 Å². The van der Waals surface area contributed by atoms with Gasteiger partial charge in [0.05, 0.1) is 17.8 Å². The van der Waals surface area contributed by atoms with Crippen molar-refractivity contribution in [3.8, 4) is 28.3 Å². The summed E-state index contributed by atoms with van der Waals surface area (Å²) < 4.78 is 6.06. The lowest BCUT2D eigenvalue weighted by Crippen LogP contribution is -2.33. The Morgan fingerprint density at radius 3 is 2.65 bits per heavy atom. The SMILES string of the molecule is Cc1c(-c2ncnc3[nH]c(-c4ccccc4)cc23)cccc1N1CCOc2cc(C3CC3)ccc2C1=O. The van der Waals surface area contributed by atoms with Gasteiger partial charge < -0.3 is 14.6 Å². The molecule has 6 nitrogen and oxygen atoms in total. The average Bonchev–Trinajstić information content (AvgIpc) is 3.71. The summed E-state index contributed by atoms with van der Waals surface area (Å²) in [6.07, 6.45) is 4.03. The molecule has 2 aromatic heterocycles. The first-order chi connectivity index (χ1) is 18.2. The first-order valence-electron chi connectivity index (χ1n) is 12.7. The molecule has 5 aromatic rings. The Balaban J connectivity index is 1.29. The molecule has 2 aliphatic rings. The number of amides is 1. The van der Waals surface area contributed by atoms with Gasteiger partial charge in [0.2, 0.25) is 0 Å². The summed E-state index contributed by atoms with van der Waals surface area (Å²) in [4.78, 5) is 28.2. The molecule has 1 aliphatic heterocycles. The number of fused-ring (bicyclic) bond motifs is 2. The predicted molar refractivity (Wildman–Crippen MR) is 145 cm³/mol. The number of carbonyl (C=O) groups is 1. The molecule has 1 saturated carbocycles. The summed E-state index contributed by atoms with van der Waals surface area (Å²) in [5.41, 5.74) is 8.45. The smallest absolute Gasteiger partial charge is 0.262 e. The number of carbonyl (C=O) groups excluding carboxylic acids is 1. The van der Waals surface area contributed by atoms with Gasteiger partial charge in [-0.25, -0.2) is 9.97 Å². The van der Waals surface area contributed by atoms with Crippen LogP contribution in [0.5, 0.6) is 5.75 Å². The van der Waals surface area contributed by atoms with Crippen molar-refractivity contribution in [1.29, 1.82) is 0 Å². The molecule has 1 fully saturated rings. The Bertz CT molecular complexity index is 1650. The number of hydrogen-bond donors (Lipinski definition) is 1. The lowest BCUT2D eigenvalue weighted by molar-refractivity contribution is 0.0989. The van der Waals surface area contributed by atoms with Gasteiger partial charge in [-0.3, -0.25) is 4.79 Å². The standard InChI is InChI=1S/C31H26N4O2/c1-19-23(29-25-17-26(21-6-3-2-4-7-21)34-30(25)33-18-32-29)8-5-9-27(19)35-14-15-37-28-16-22(20-10-11-20)12-13-24(28)31(35)36/h2-9,12-13,16-18,20H,10-11,14-15H2,1H3,(H,32,33,34). The predicted octanol–water partition coefficient (Wildman–Crippen LogP) is 6.52. The van der Waals surface area contributed by atoms with Crippen LogP contribution >= 0.6 is 0 Å². The van der Waals surface area contributed by atoms with Crippen LogP contribution in [0.25, 0.3) is 33.5 Å². The molecule has 0 unspecified atom stereocenters. The highest BCUT2D eigenvalue weighted by Crippen LogP contribution is 2.42. The van der Waals surface area contributed by atoms with Crippen LogP contribution in [-0.2, 0) is 0 Å². The van der Waals surface area contributed by atoms with Gasteiger partial charge in [-0.1, -0.05) is 48.5 Å². The minimum Gasteiger partial charge on any atom is -0.491 e. The number of hydrogen-bond acceptors (Lipinski definition) is 4. The highest BCUT2D eigenvalue weighted by Gasteiger charge is 2.29. The van der Waals surface area contributed by atoms with Crippen LogP contribution in [0.4, 0.5) is 5.69 Å². The van der Waals surface area contributed by atoms with Gasteiger partial charge in [0, 0.05) is 22.3 Å². The zero-order chi connectivity index (χ0) is 24.9. The summed E-state index contributed by atoms with van der Waals surface area (Å²) in [5, 5.41) is 0.949. The van der Waals surface area contributed by atoms with Crippen molar-refractivity contribution in [2.45, 2.75) is 25.7 Å². The van der Waals surface area contributed by atoms with Crippen LogP contribution in [0.3, 0.4) is 0 Å². The molecule has 1 N–H and O–H groups in total. The molecule has 37 heavy (non-hydrogen) atoms. The van der Waals surface area contributed by atoms with Crippen molar-refractivity contribution in [1.82, 2.24) is 15.0 Å². The number of anilines is 1. The van der Waals surface area contributed by atoms with Crippen molar-refractivity contribution in [2.24, 2.45) is 0 Å². The summed E-state index contributed by atoms with van der Waals surface area (Å²) >= 11 is 0. The van der Waals surface area contributed by atoms with E-state index in [1.807, 2.05) is 41.3 Å². The minimum absolute atomic E-state index is 0.0315. The lowest BCUT2D eigenvalue weighted by atomic mass is 10.00. The van der Waals surface area contributed by atoms with Crippen molar-refractivity contribution in [2.75, 3.05) is 18.1 Å². The Morgan fingerprint density at radius 1 is 0.946 bits per heavy atom. The fourth-order valence-electron chi connectivity index (χ4n) is 5.33. The number of aromatic nitrogens is 3. The van der Waals surface area contributed by atoms with Crippen molar-refractivity contribution in [3.05, 3.63) is 95.8 Å². The second-order valence-electron chi connectivity index (χ2n) is 9.82. The molecule has 7 rings (SSSR count). The third-order valence-electron chi connectivity index (χ3n) is 7.46. The molecule has 0 atom stereocenters. The number of aromatic amines is 1. The normalized spacial score (nSPS) is 15.4. The van der Waals surface area contributed by atoms with E-state index in [1.54, 1.807) is 6.33 Å². The van der Waals surface area contributed by atoms with E-state index < -0.39 is 0 Å². The number of ether oxygens (including phenoxy) is 1. The topological polar surface area (TPSA) is 71.1 Å². The van der Waals surface area contributed by atoms with Gasteiger partial charge >= 0.3 is 0 Å². The van der Waals surface area contributed by atoms with Crippen LogP contribution < -0.4 is 9.64 Å². The van der Waals surface area contributed by atoms with Crippen molar-refractivity contribution >= 4 is 22.6 Å². The molecule has 6 heteroatoms. The number of nitrogens with one attached hydrogen (secondary N) is 1. The maximum absolute atomic E-state index is 13.7. The van der Waals surface area contributed by atoms with Crippen molar-refractivity contribution < 1.29 is 9.53 Å². The molecule has 0 saturated heterocycles. The molecular formula is C31H26N4O2. The molecule has 0 spiro atoms. The van der Waals surface area contributed by atoms with Crippen LogP contribution in [0.1, 0.15) is 40.2 Å².